The summed E-state index contributed by atoms with van der Waals surface area (Å²) in [5.74, 6) is 1.42. The van der Waals surface area contributed by atoms with Crippen molar-refractivity contribution in [2.24, 2.45) is 0 Å². The molecule has 0 radical (unpaired) electrons. The van der Waals surface area contributed by atoms with Crippen molar-refractivity contribution in [1.82, 2.24) is 25.1 Å². The molecule has 0 amide bonds. The van der Waals surface area contributed by atoms with Gasteiger partial charge in [-0.15, -0.1) is 0 Å². The molecule has 0 saturated heterocycles. The van der Waals surface area contributed by atoms with Gasteiger partial charge >= 0.3 is 0 Å². The number of aromatic nitrogens is 5. The summed E-state index contributed by atoms with van der Waals surface area (Å²) in [6, 6.07) is 0. The SMILES string of the molecule is Nc1c(Cl)ncnc1NCCCc1ncn[nH]1. The zero-order valence-corrected chi connectivity index (χ0v) is 9.78. The molecule has 7 nitrogen and oxygen atoms in total. The van der Waals surface area contributed by atoms with E-state index in [1.165, 1.54) is 12.7 Å². The van der Waals surface area contributed by atoms with Gasteiger partial charge in [-0.2, -0.15) is 5.10 Å². The number of anilines is 2. The Labute approximate surface area is 103 Å². The minimum atomic E-state index is 0.262. The Morgan fingerprint density at radius 2 is 2.18 bits per heavy atom. The zero-order valence-electron chi connectivity index (χ0n) is 9.02. The van der Waals surface area contributed by atoms with Crippen LogP contribution < -0.4 is 11.1 Å². The molecule has 0 aliphatic carbocycles. The molecule has 17 heavy (non-hydrogen) atoms. The highest BCUT2D eigenvalue weighted by Crippen LogP contribution is 2.21. The number of H-pyrrole nitrogens is 1. The number of nitrogens with zero attached hydrogens (tertiary/aromatic N) is 4. The minimum absolute atomic E-state index is 0.262. The lowest BCUT2D eigenvalue weighted by Gasteiger charge is -2.07. The van der Waals surface area contributed by atoms with Crippen molar-refractivity contribution in [3.63, 3.8) is 0 Å². The number of aromatic amines is 1. The average molecular weight is 254 g/mol. The average Bonchev–Trinajstić information content (AvgIpc) is 2.83. The molecule has 2 aromatic heterocycles. The van der Waals surface area contributed by atoms with Gasteiger partial charge in [-0.05, 0) is 6.42 Å². The molecular weight excluding hydrogens is 242 g/mol. The van der Waals surface area contributed by atoms with Crippen LogP contribution in [-0.4, -0.2) is 31.7 Å². The molecule has 2 aromatic rings. The Balaban J connectivity index is 1.80. The Bertz CT molecular complexity index is 470. The third-order valence-electron chi connectivity index (χ3n) is 2.18. The van der Waals surface area contributed by atoms with Gasteiger partial charge in [-0.3, -0.25) is 5.10 Å². The molecule has 0 aliphatic rings. The van der Waals surface area contributed by atoms with Crippen LogP contribution in [0.1, 0.15) is 12.2 Å². The molecule has 4 N–H and O–H groups in total. The van der Waals surface area contributed by atoms with E-state index in [0.29, 0.717) is 11.5 Å². The third kappa shape index (κ3) is 3.04. The van der Waals surface area contributed by atoms with E-state index in [-0.39, 0.29) is 5.15 Å². The smallest absolute Gasteiger partial charge is 0.157 e. The molecule has 0 spiro atoms. The summed E-state index contributed by atoms with van der Waals surface area (Å²) >= 11 is 5.77. The first kappa shape index (κ1) is 11.6. The number of aryl methyl sites for hydroxylation is 1. The highest BCUT2D eigenvalue weighted by molar-refractivity contribution is 6.32. The van der Waals surface area contributed by atoms with Gasteiger partial charge in [0, 0.05) is 13.0 Å². The molecule has 8 heteroatoms. The van der Waals surface area contributed by atoms with Gasteiger partial charge in [-0.25, -0.2) is 15.0 Å². The maximum atomic E-state index is 5.77. The summed E-state index contributed by atoms with van der Waals surface area (Å²) in [6.45, 7) is 0.720. The second-order valence-corrected chi connectivity index (χ2v) is 3.75. The molecular formula is C9H12ClN7. The van der Waals surface area contributed by atoms with Crippen LogP contribution in [0.2, 0.25) is 5.15 Å². The van der Waals surface area contributed by atoms with Gasteiger partial charge in [0.15, 0.2) is 11.0 Å². The predicted octanol–water partition coefficient (Wildman–Crippen LogP) is 0.875. The molecule has 0 saturated carbocycles. The molecule has 0 bridgehead atoms. The number of nitrogens with two attached hydrogens (primary N) is 1. The molecule has 0 unspecified atom stereocenters. The molecule has 0 fully saturated rings. The first-order chi connectivity index (χ1) is 8.27. The Morgan fingerprint density at radius 3 is 2.94 bits per heavy atom. The number of rotatable bonds is 5. The van der Waals surface area contributed by atoms with Crippen molar-refractivity contribution >= 4 is 23.1 Å². The Kier molecular flexibility index (Phi) is 3.71. The highest BCUT2D eigenvalue weighted by Gasteiger charge is 2.04. The van der Waals surface area contributed by atoms with Crippen molar-refractivity contribution in [2.45, 2.75) is 12.8 Å². The fourth-order valence-corrected chi connectivity index (χ4v) is 1.46. The van der Waals surface area contributed by atoms with Crippen LogP contribution in [-0.2, 0) is 6.42 Å². The van der Waals surface area contributed by atoms with Gasteiger partial charge < -0.3 is 11.1 Å². The fraction of sp³-hybridized carbons (Fsp3) is 0.333. The maximum absolute atomic E-state index is 5.77. The Morgan fingerprint density at radius 1 is 1.29 bits per heavy atom. The van der Waals surface area contributed by atoms with Crippen molar-refractivity contribution in [2.75, 3.05) is 17.6 Å². The largest absolute Gasteiger partial charge is 0.393 e. The number of nitrogens with one attached hydrogen (secondary N) is 2. The van der Waals surface area contributed by atoms with Crippen LogP contribution in [0.4, 0.5) is 11.5 Å². The van der Waals surface area contributed by atoms with Gasteiger partial charge in [0.1, 0.15) is 24.2 Å². The lowest BCUT2D eigenvalue weighted by atomic mass is 10.3. The van der Waals surface area contributed by atoms with E-state index < -0.39 is 0 Å². The lowest BCUT2D eigenvalue weighted by molar-refractivity contribution is 0.803. The zero-order chi connectivity index (χ0) is 12.1. The molecule has 0 atom stereocenters. The van der Waals surface area contributed by atoms with Crippen LogP contribution in [0.5, 0.6) is 0 Å². The minimum Gasteiger partial charge on any atom is -0.393 e. The maximum Gasteiger partial charge on any atom is 0.157 e. The molecule has 90 valence electrons. The summed E-state index contributed by atoms with van der Waals surface area (Å²) in [4.78, 5) is 11.8. The second-order valence-electron chi connectivity index (χ2n) is 3.39. The van der Waals surface area contributed by atoms with Crippen LogP contribution >= 0.6 is 11.6 Å². The fourth-order valence-electron chi connectivity index (χ4n) is 1.33. The van der Waals surface area contributed by atoms with Crippen LogP contribution in [0.15, 0.2) is 12.7 Å². The summed E-state index contributed by atoms with van der Waals surface area (Å²) < 4.78 is 0. The van der Waals surface area contributed by atoms with Gasteiger partial charge in [0.05, 0.1) is 0 Å². The first-order valence-corrected chi connectivity index (χ1v) is 5.49. The topological polar surface area (TPSA) is 105 Å². The van der Waals surface area contributed by atoms with Gasteiger partial charge in [-0.1, -0.05) is 11.6 Å². The summed E-state index contributed by atoms with van der Waals surface area (Å²) in [7, 11) is 0. The van der Waals surface area contributed by atoms with Crippen molar-refractivity contribution in [3.05, 3.63) is 23.6 Å². The molecule has 0 aliphatic heterocycles. The third-order valence-corrected chi connectivity index (χ3v) is 2.48. The first-order valence-electron chi connectivity index (χ1n) is 5.11. The number of hydrogen-bond acceptors (Lipinski definition) is 6. The van der Waals surface area contributed by atoms with E-state index in [1.807, 2.05) is 0 Å². The van der Waals surface area contributed by atoms with Crippen molar-refractivity contribution < 1.29 is 0 Å². The van der Waals surface area contributed by atoms with E-state index in [9.17, 15) is 0 Å². The summed E-state index contributed by atoms with van der Waals surface area (Å²) in [5, 5.41) is 9.92. The number of halogens is 1. The molecule has 2 heterocycles. The van der Waals surface area contributed by atoms with Crippen LogP contribution in [0.3, 0.4) is 0 Å². The summed E-state index contributed by atoms with van der Waals surface area (Å²) in [6.07, 6.45) is 4.56. The van der Waals surface area contributed by atoms with E-state index >= 15 is 0 Å². The quantitative estimate of drug-likeness (QED) is 0.539. The predicted molar refractivity (Wildman–Crippen MR) is 64.6 cm³/mol. The van der Waals surface area contributed by atoms with Gasteiger partial charge in [0.25, 0.3) is 0 Å². The second kappa shape index (κ2) is 5.44. The Hall–Kier alpha value is -1.89. The van der Waals surface area contributed by atoms with E-state index in [4.69, 9.17) is 17.3 Å². The number of hydrogen-bond donors (Lipinski definition) is 3. The van der Waals surface area contributed by atoms with Crippen molar-refractivity contribution in [1.29, 1.82) is 0 Å². The van der Waals surface area contributed by atoms with Crippen LogP contribution in [0, 0.1) is 0 Å². The van der Waals surface area contributed by atoms with E-state index in [2.05, 4.69) is 30.5 Å². The van der Waals surface area contributed by atoms with Crippen LogP contribution in [0.25, 0.3) is 0 Å². The van der Waals surface area contributed by atoms with Crippen molar-refractivity contribution in [3.8, 4) is 0 Å². The van der Waals surface area contributed by atoms with E-state index in [0.717, 1.165) is 25.2 Å². The monoisotopic (exact) mass is 253 g/mol. The molecule has 2 rings (SSSR count). The lowest BCUT2D eigenvalue weighted by Crippen LogP contribution is -2.08. The number of nitrogen functional groups attached to an aromatic ring is 1. The van der Waals surface area contributed by atoms with Gasteiger partial charge in [0.2, 0.25) is 0 Å². The molecule has 0 aromatic carbocycles. The highest BCUT2D eigenvalue weighted by atomic mass is 35.5. The summed E-state index contributed by atoms with van der Waals surface area (Å²) in [5.41, 5.74) is 6.08. The standard InChI is InChI=1S/C9H12ClN7/c10-8-7(11)9(15-4-14-8)12-3-1-2-6-13-5-16-17-6/h4-5H,1-3,11H2,(H,12,14,15)(H,13,16,17). The van der Waals surface area contributed by atoms with E-state index in [1.54, 1.807) is 0 Å². The normalized spacial score (nSPS) is 10.4.